The lowest BCUT2D eigenvalue weighted by molar-refractivity contribution is -0.118. The Morgan fingerprint density at radius 2 is 2.00 bits per heavy atom. The summed E-state index contributed by atoms with van der Waals surface area (Å²) in [5.74, 6) is -3.43. The summed E-state index contributed by atoms with van der Waals surface area (Å²) in [6.07, 6.45) is 1.37. The predicted molar refractivity (Wildman–Crippen MR) is 177 cm³/mol. The van der Waals surface area contributed by atoms with Crippen molar-refractivity contribution in [3.05, 3.63) is 61.7 Å². The Hall–Kier alpha value is -4.13. The third-order valence-electron chi connectivity index (χ3n) is 8.42. The lowest BCUT2D eigenvalue weighted by Crippen LogP contribution is -2.64. The van der Waals surface area contributed by atoms with E-state index in [9.17, 15) is 18.8 Å². The largest absolute Gasteiger partial charge is 0.457 e. The number of carbonyl (C=O) groups is 2. The van der Waals surface area contributed by atoms with Crippen molar-refractivity contribution in [1.29, 1.82) is 0 Å². The van der Waals surface area contributed by atoms with Gasteiger partial charge in [-0.05, 0) is 24.1 Å². The predicted octanol–water partition coefficient (Wildman–Crippen LogP) is 2.35. The zero-order chi connectivity index (χ0) is 34.1. The van der Waals surface area contributed by atoms with E-state index in [1.807, 2.05) is 22.3 Å². The molecule has 3 aromatic rings. The number of amides is 1. The Balaban J connectivity index is 1.15. The number of hydrogen-bond donors (Lipinski definition) is 2. The first-order valence-electron chi connectivity index (χ1n) is 15.0. The van der Waals surface area contributed by atoms with Gasteiger partial charge in [-0.25, -0.2) is 22.9 Å². The van der Waals surface area contributed by atoms with Crippen molar-refractivity contribution < 1.29 is 32.3 Å². The fourth-order valence-electron chi connectivity index (χ4n) is 5.90. The number of thioether (sulfide) groups is 1. The minimum Gasteiger partial charge on any atom is -0.457 e. The maximum absolute atomic E-state index is 15.9. The van der Waals surface area contributed by atoms with Crippen LogP contribution in [0.15, 0.2) is 38.6 Å². The van der Waals surface area contributed by atoms with Crippen molar-refractivity contribution in [3.63, 3.8) is 0 Å². The number of alkyl halides is 1. The second-order valence-electron chi connectivity index (χ2n) is 11.5. The molecule has 5 heterocycles. The quantitative estimate of drug-likeness (QED) is 0.182. The van der Waals surface area contributed by atoms with Gasteiger partial charge in [-0.3, -0.25) is 14.5 Å². The number of ether oxygens (including phenoxy) is 1. The van der Waals surface area contributed by atoms with E-state index in [0.717, 1.165) is 28.2 Å². The number of halogens is 3. The van der Waals surface area contributed by atoms with E-state index in [1.54, 1.807) is 10.3 Å². The summed E-state index contributed by atoms with van der Waals surface area (Å²) in [7, 11) is 3.22. The fraction of sp³-hybridized carbons (Fsp3) is 0.433. The molecular formula is C30H33F3N8O5S2. The molecule has 13 nitrogen and oxygen atoms in total. The summed E-state index contributed by atoms with van der Waals surface area (Å²) in [5.41, 5.74) is 4.72. The van der Waals surface area contributed by atoms with Crippen LogP contribution >= 0.6 is 23.1 Å². The Morgan fingerprint density at radius 1 is 1.23 bits per heavy atom. The number of nitrogens with one attached hydrogen (secondary N) is 1. The number of nitrogens with two attached hydrogens (primary N) is 1. The summed E-state index contributed by atoms with van der Waals surface area (Å²) in [4.78, 5) is 54.1. The molecular weight excluding hydrogens is 674 g/mol. The zero-order valence-corrected chi connectivity index (χ0v) is 27.7. The SMILES string of the molecule is CO/N=C(/C(=O)N[C@H]1C[C@H]2SC=C(COC(=O)c3cn(CCF)c4c(F)c(N5CCN(C)CC5)c(F)cc4c3=O)CN12)c1csc(N)n1. The van der Waals surface area contributed by atoms with Gasteiger partial charge in [-0.15, -0.1) is 23.1 Å². The summed E-state index contributed by atoms with van der Waals surface area (Å²) >= 11 is 2.65. The summed E-state index contributed by atoms with van der Waals surface area (Å²) in [6, 6.07) is 0.908. The van der Waals surface area contributed by atoms with Crippen molar-refractivity contribution in [1.82, 2.24) is 24.7 Å². The molecule has 1 amide bonds. The number of nitrogen functional groups attached to an aromatic ring is 1. The van der Waals surface area contributed by atoms with E-state index >= 15 is 8.78 Å². The first kappa shape index (κ1) is 33.8. The highest BCUT2D eigenvalue weighted by molar-refractivity contribution is 8.02. The van der Waals surface area contributed by atoms with Crippen molar-refractivity contribution >= 4 is 62.4 Å². The zero-order valence-electron chi connectivity index (χ0n) is 26.1. The van der Waals surface area contributed by atoms with Gasteiger partial charge in [-0.2, -0.15) is 0 Å². The van der Waals surface area contributed by atoms with E-state index in [2.05, 4.69) is 15.5 Å². The topological polar surface area (TPSA) is 148 Å². The van der Waals surface area contributed by atoms with Gasteiger partial charge in [-0.1, -0.05) is 5.16 Å². The summed E-state index contributed by atoms with van der Waals surface area (Å²) in [5, 5.41) is 10.2. The number of pyridine rings is 1. The Kier molecular flexibility index (Phi) is 9.95. The van der Waals surface area contributed by atoms with Gasteiger partial charge in [0.1, 0.15) is 43.2 Å². The van der Waals surface area contributed by atoms with Crippen molar-refractivity contribution in [3.8, 4) is 0 Å². The molecule has 0 saturated carbocycles. The Labute approximate surface area is 281 Å². The molecule has 3 N–H and O–H groups in total. The van der Waals surface area contributed by atoms with Crippen LogP contribution in [0.1, 0.15) is 22.5 Å². The number of aromatic nitrogens is 2. The van der Waals surface area contributed by atoms with Gasteiger partial charge in [0, 0.05) is 50.7 Å². The molecule has 3 aliphatic rings. The minimum atomic E-state index is -1.01. The number of oxime groups is 1. The molecule has 48 heavy (non-hydrogen) atoms. The molecule has 0 radical (unpaired) electrons. The van der Waals surface area contributed by atoms with Crippen LogP contribution in [-0.2, 0) is 20.9 Å². The molecule has 0 spiro atoms. The van der Waals surface area contributed by atoms with Crippen LogP contribution in [0, 0.1) is 11.6 Å². The molecule has 2 saturated heterocycles. The minimum absolute atomic E-state index is 0.0209. The highest BCUT2D eigenvalue weighted by Gasteiger charge is 2.42. The van der Waals surface area contributed by atoms with Crippen molar-refractivity contribution in [2.75, 3.05) is 70.8 Å². The van der Waals surface area contributed by atoms with Crippen LogP contribution in [0.4, 0.5) is 24.0 Å². The normalized spacial score (nSPS) is 20.2. The third-order valence-corrected chi connectivity index (χ3v) is 10.3. The van der Waals surface area contributed by atoms with Crippen LogP contribution in [0.25, 0.3) is 10.9 Å². The number of aryl methyl sites for hydroxylation is 1. The number of fused-ring (bicyclic) bond motifs is 2. The summed E-state index contributed by atoms with van der Waals surface area (Å²) in [6.45, 7) is 0.824. The Bertz CT molecular complexity index is 1860. The molecule has 0 bridgehead atoms. The van der Waals surface area contributed by atoms with Gasteiger partial charge in [0.05, 0.1) is 29.0 Å². The molecule has 2 atom stereocenters. The number of thiazole rings is 1. The van der Waals surface area contributed by atoms with Crippen LogP contribution in [0.5, 0.6) is 0 Å². The van der Waals surface area contributed by atoms with E-state index in [0.29, 0.717) is 44.7 Å². The van der Waals surface area contributed by atoms with E-state index in [4.69, 9.17) is 15.3 Å². The van der Waals surface area contributed by atoms with Gasteiger partial charge in [0.25, 0.3) is 5.91 Å². The second-order valence-corrected chi connectivity index (χ2v) is 13.4. The molecule has 2 fully saturated rings. The van der Waals surface area contributed by atoms with Gasteiger partial charge in [0.15, 0.2) is 16.7 Å². The molecule has 3 aliphatic heterocycles. The number of rotatable bonds is 10. The molecule has 18 heteroatoms. The number of benzene rings is 1. The first-order chi connectivity index (χ1) is 23.1. The van der Waals surface area contributed by atoms with Gasteiger partial charge >= 0.3 is 5.97 Å². The van der Waals surface area contributed by atoms with Gasteiger partial charge < -0.3 is 35.0 Å². The molecule has 1 aromatic carbocycles. The third kappa shape index (κ3) is 6.61. The lowest BCUT2D eigenvalue weighted by Gasteiger charge is -2.50. The fourth-order valence-corrected chi connectivity index (χ4v) is 7.61. The maximum atomic E-state index is 15.9. The summed E-state index contributed by atoms with van der Waals surface area (Å²) < 4.78 is 51.4. The number of hydrogen-bond acceptors (Lipinski definition) is 13. The van der Waals surface area contributed by atoms with Crippen LogP contribution in [0.2, 0.25) is 0 Å². The number of nitrogens with zero attached hydrogens (tertiary/aromatic N) is 6. The molecule has 2 aromatic heterocycles. The average molecular weight is 707 g/mol. The average Bonchev–Trinajstić information content (AvgIpc) is 3.49. The highest BCUT2D eigenvalue weighted by atomic mass is 32.2. The molecule has 256 valence electrons. The number of esters is 1. The maximum Gasteiger partial charge on any atom is 0.343 e. The monoisotopic (exact) mass is 706 g/mol. The first-order valence-corrected chi connectivity index (χ1v) is 16.9. The smallest absolute Gasteiger partial charge is 0.343 e. The number of carbonyl (C=O) groups excluding carboxylic acids is 2. The molecule has 0 unspecified atom stereocenters. The van der Waals surface area contributed by atoms with Crippen molar-refractivity contribution in [2.24, 2.45) is 5.16 Å². The van der Waals surface area contributed by atoms with Crippen LogP contribution in [0.3, 0.4) is 0 Å². The van der Waals surface area contributed by atoms with Gasteiger partial charge in [0.2, 0.25) is 5.43 Å². The number of anilines is 2. The second kappa shape index (κ2) is 14.2. The van der Waals surface area contributed by atoms with Crippen LogP contribution < -0.4 is 21.4 Å². The van der Waals surface area contributed by atoms with Crippen molar-refractivity contribution in [2.45, 2.75) is 24.5 Å². The van der Waals surface area contributed by atoms with E-state index in [-0.39, 0.29) is 57.8 Å². The molecule has 6 rings (SSSR count). The molecule has 0 aliphatic carbocycles. The highest BCUT2D eigenvalue weighted by Crippen LogP contribution is 2.38. The lowest BCUT2D eigenvalue weighted by atomic mass is 10.1. The Morgan fingerprint density at radius 3 is 2.69 bits per heavy atom. The number of piperazine rings is 1. The van der Waals surface area contributed by atoms with E-state index in [1.165, 1.54) is 18.9 Å². The van der Waals surface area contributed by atoms with E-state index < -0.39 is 41.2 Å². The van der Waals surface area contributed by atoms with Crippen LogP contribution in [-0.4, -0.2) is 109 Å². The number of likely N-dealkylation sites (N-methyl/N-ethyl adjacent to an activating group) is 1. The standard InChI is InChI=1S/C30H33F3N8O5S2/c1-38-5-7-39(8-6-38)26-19(32)9-17-25(23(26)33)40(4-3-31)12-18(27(17)42)29(44)46-13-16-11-41-21(10-22(41)47-14-16)36-28(43)24(37-45-2)20-15-48-30(34)35-20/h9,12,14-15,21-22H,3-8,10-11,13H2,1-2H3,(H2,34,35)(H,36,43)/b37-24+/t21-,22-/m1/s1.